The fourth-order valence-electron chi connectivity index (χ4n) is 2.71. The number of hydrogen-bond donors (Lipinski definition) is 0. The lowest BCUT2D eigenvalue weighted by atomic mass is 10.1. The minimum absolute atomic E-state index is 0. The maximum Gasteiger partial charge on any atom is 0.130 e. The van der Waals surface area contributed by atoms with Crippen LogP contribution in [0.4, 0.5) is 0 Å². The van der Waals surface area contributed by atoms with Gasteiger partial charge in [0.25, 0.3) is 0 Å². The third kappa shape index (κ3) is 2.73. The van der Waals surface area contributed by atoms with Crippen molar-refractivity contribution >= 4 is 10.8 Å². The predicted octanol–water partition coefficient (Wildman–Crippen LogP) is -2.28. The van der Waals surface area contributed by atoms with Crippen molar-refractivity contribution in [1.82, 2.24) is 0 Å². The second-order valence-electron chi connectivity index (χ2n) is 5.00. The average molecular weight is 345 g/mol. The molecule has 0 aromatic rings. The highest BCUT2D eigenvalue weighted by atomic mass is 127. The number of halogens is 1. The van der Waals surface area contributed by atoms with Gasteiger partial charge in [-0.3, -0.25) is 4.21 Å². The van der Waals surface area contributed by atoms with E-state index in [1.54, 1.807) is 0 Å². The highest BCUT2D eigenvalue weighted by molar-refractivity contribution is 7.85. The molecule has 90 valence electrons. The van der Waals surface area contributed by atoms with Crippen LogP contribution < -0.4 is 24.0 Å². The number of quaternary nitrogens is 1. The Morgan fingerprint density at radius 1 is 1.40 bits per heavy atom. The number of rotatable bonds is 1. The zero-order valence-electron chi connectivity index (χ0n) is 9.61. The number of hydrogen-bond acceptors (Lipinski definition) is 2. The zero-order chi connectivity index (χ0) is 10.3. The Kier molecular flexibility index (Phi) is 4.60. The van der Waals surface area contributed by atoms with Crippen molar-refractivity contribution in [3.63, 3.8) is 0 Å². The summed E-state index contributed by atoms with van der Waals surface area (Å²) < 4.78 is 18.3. The van der Waals surface area contributed by atoms with Crippen LogP contribution in [0.25, 0.3) is 0 Å². The van der Waals surface area contributed by atoms with Crippen LogP contribution in [0, 0.1) is 0 Å². The number of nitrogens with zero attached hydrogens (tertiary/aromatic N) is 1. The van der Waals surface area contributed by atoms with Crippen molar-refractivity contribution in [3.8, 4) is 0 Å². The maximum absolute atomic E-state index is 11.5. The Hall–Kier alpha value is 0.800. The zero-order valence-corrected chi connectivity index (χ0v) is 12.6. The summed E-state index contributed by atoms with van der Waals surface area (Å²) in [7, 11) is 3.75. The Bertz CT molecular complexity index is 260. The lowest BCUT2D eigenvalue weighted by Crippen LogP contribution is -3.00. The van der Waals surface area contributed by atoms with Crippen LogP contribution in [0.3, 0.4) is 0 Å². The van der Waals surface area contributed by atoms with Crippen LogP contribution >= 0.6 is 0 Å². The normalized spacial score (nSPS) is 43.9. The van der Waals surface area contributed by atoms with Crippen molar-refractivity contribution < 1.29 is 37.4 Å². The lowest BCUT2D eigenvalue weighted by Gasteiger charge is -2.34. The Balaban J connectivity index is 0.00000112. The summed E-state index contributed by atoms with van der Waals surface area (Å²) in [4.78, 5) is 0. The second-order valence-corrected chi connectivity index (χ2v) is 6.76. The molecule has 5 heteroatoms. The molecule has 15 heavy (non-hydrogen) atoms. The van der Waals surface area contributed by atoms with Gasteiger partial charge in [0.2, 0.25) is 0 Å². The standard InChI is InChI=1S/C10H20NO2S.HI/c1-8-13-10(7-14(8)12)9-5-4-6-11(9,2)3;/h8-10H,4-7H2,1-3H3;1H/q+1;/p-1/t8-,9+,10+,14-;/m0./s1. The van der Waals surface area contributed by atoms with Crippen molar-refractivity contribution in [2.75, 3.05) is 26.4 Å². The molecule has 2 heterocycles. The molecule has 0 aliphatic carbocycles. The van der Waals surface area contributed by atoms with E-state index in [-0.39, 0.29) is 35.5 Å². The molecule has 0 N–H and O–H groups in total. The molecule has 2 rings (SSSR count). The molecular weight excluding hydrogens is 325 g/mol. The van der Waals surface area contributed by atoms with E-state index in [1.807, 2.05) is 6.92 Å². The molecule has 0 bridgehead atoms. The van der Waals surface area contributed by atoms with Crippen LogP contribution in [0.15, 0.2) is 0 Å². The van der Waals surface area contributed by atoms with Gasteiger partial charge in [-0.2, -0.15) is 0 Å². The quantitative estimate of drug-likeness (QED) is 0.396. The lowest BCUT2D eigenvalue weighted by molar-refractivity contribution is -0.905. The largest absolute Gasteiger partial charge is 1.00 e. The van der Waals surface area contributed by atoms with Crippen LogP contribution in [0.1, 0.15) is 19.8 Å². The first-order valence-electron chi connectivity index (χ1n) is 5.36. The van der Waals surface area contributed by atoms with E-state index >= 15 is 0 Å². The van der Waals surface area contributed by atoms with Gasteiger partial charge in [-0.15, -0.1) is 0 Å². The molecule has 2 aliphatic rings. The van der Waals surface area contributed by atoms with Gasteiger partial charge in [-0.25, -0.2) is 0 Å². The van der Waals surface area contributed by atoms with Gasteiger partial charge in [0, 0.05) is 12.8 Å². The third-order valence-electron chi connectivity index (χ3n) is 3.63. The van der Waals surface area contributed by atoms with E-state index in [0.717, 1.165) is 10.2 Å². The maximum atomic E-state index is 11.5. The van der Waals surface area contributed by atoms with Gasteiger partial charge >= 0.3 is 0 Å². The molecule has 3 nitrogen and oxygen atoms in total. The number of likely N-dealkylation sites (N-methyl/N-ethyl adjacent to an activating group) is 1. The summed E-state index contributed by atoms with van der Waals surface area (Å²) in [5.41, 5.74) is -0.0550. The van der Waals surface area contributed by atoms with E-state index in [2.05, 4.69) is 14.1 Å². The fraction of sp³-hybridized carbons (Fsp3) is 1.00. The molecular formula is C10H20INO2S. The van der Waals surface area contributed by atoms with Gasteiger partial charge < -0.3 is 33.2 Å². The van der Waals surface area contributed by atoms with Crippen molar-refractivity contribution in [1.29, 1.82) is 0 Å². The summed E-state index contributed by atoms with van der Waals surface area (Å²) in [5.74, 6) is 0.744. The average Bonchev–Trinajstić information content (AvgIpc) is 2.56. The molecule has 2 aliphatic heterocycles. The molecule has 0 aromatic heterocycles. The van der Waals surface area contributed by atoms with E-state index in [0.29, 0.717) is 6.04 Å². The Labute approximate surface area is 112 Å². The van der Waals surface area contributed by atoms with Crippen LogP contribution in [0.5, 0.6) is 0 Å². The Morgan fingerprint density at radius 3 is 2.47 bits per heavy atom. The van der Waals surface area contributed by atoms with Gasteiger partial charge in [0.1, 0.15) is 17.6 Å². The van der Waals surface area contributed by atoms with Crippen LogP contribution in [-0.2, 0) is 15.5 Å². The molecule has 0 amide bonds. The first kappa shape index (κ1) is 13.9. The first-order valence-corrected chi connectivity index (χ1v) is 6.74. The predicted molar refractivity (Wildman–Crippen MR) is 57.3 cm³/mol. The molecule has 2 saturated heterocycles. The smallest absolute Gasteiger partial charge is 0.130 e. The summed E-state index contributed by atoms with van der Waals surface area (Å²) in [5, 5.41) is 0. The highest BCUT2D eigenvalue weighted by Crippen LogP contribution is 2.30. The summed E-state index contributed by atoms with van der Waals surface area (Å²) in [6.07, 6.45) is 2.73. The fourth-order valence-corrected chi connectivity index (χ4v) is 3.87. The molecule has 0 spiro atoms. The second kappa shape index (κ2) is 4.98. The summed E-state index contributed by atoms with van der Waals surface area (Å²) in [6.45, 7) is 3.15. The molecule has 4 atom stereocenters. The molecule has 2 fully saturated rings. The Morgan fingerprint density at radius 2 is 2.07 bits per heavy atom. The van der Waals surface area contributed by atoms with E-state index < -0.39 is 10.8 Å². The first-order chi connectivity index (χ1) is 6.50. The highest BCUT2D eigenvalue weighted by Gasteiger charge is 2.45. The number of likely N-dealkylation sites (tertiary alicyclic amines) is 1. The van der Waals surface area contributed by atoms with Crippen molar-refractivity contribution in [2.45, 2.75) is 37.3 Å². The summed E-state index contributed by atoms with van der Waals surface area (Å²) >= 11 is 0. The molecule has 0 aromatic carbocycles. The molecule has 0 radical (unpaired) electrons. The minimum atomic E-state index is -0.759. The number of ether oxygens (including phenoxy) is 1. The molecule has 0 unspecified atom stereocenters. The third-order valence-corrected chi connectivity index (χ3v) is 5.14. The van der Waals surface area contributed by atoms with Crippen LogP contribution in [-0.4, -0.2) is 52.7 Å². The van der Waals surface area contributed by atoms with E-state index in [9.17, 15) is 4.21 Å². The SMILES string of the molecule is C[C@H]1O[C@@H]([C@H]2CCC[N+]2(C)C)C[S@@]1=O.[I-]. The molecule has 0 saturated carbocycles. The topological polar surface area (TPSA) is 26.3 Å². The summed E-state index contributed by atoms with van der Waals surface area (Å²) in [6, 6.07) is 0.559. The van der Waals surface area contributed by atoms with Gasteiger partial charge in [0.05, 0.1) is 37.2 Å². The van der Waals surface area contributed by atoms with Crippen molar-refractivity contribution in [2.24, 2.45) is 0 Å². The van der Waals surface area contributed by atoms with E-state index in [4.69, 9.17) is 4.74 Å². The minimum Gasteiger partial charge on any atom is -1.00 e. The van der Waals surface area contributed by atoms with Gasteiger partial charge in [-0.1, -0.05) is 0 Å². The van der Waals surface area contributed by atoms with E-state index in [1.165, 1.54) is 19.4 Å². The van der Waals surface area contributed by atoms with Gasteiger partial charge in [0.15, 0.2) is 0 Å². The monoisotopic (exact) mass is 345 g/mol. The van der Waals surface area contributed by atoms with Gasteiger partial charge in [-0.05, 0) is 6.92 Å². The van der Waals surface area contributed by atoms with Crippen LogP contribution in [0.2, 0.25) is 0 Å². The van der Waals surface area contributed by atoms with Crippen molar-refractivity contribution in [3.05, 3.63) is 0 Å².